The molecule has 0 aromatic heterocycles. The van der Waals surface area contributed by atoms with E-state index in [2.05, 4.69) is 10.6 Å². The summed E-state index contributed by atoms with van der Waals surface area (Å²) in [6.07, 6.45) is 0. The zero-order valence-electron chi connectivity index (χ0n) is 19.6. The third-order valence-electron chi connectivity index (χ3n) is 4.63. The first-order valence-electron chi connectivity index (χ1n) is 10.5. The molecule has 0 radical (unpaired) electrons. The maximum atomic E-state index is 13.1. The maximum absolute atomic E-state index is 13.1. The van der Waals surface area contributed by atoms with Gasteiger partial charge in [-0.3, -0.25) is 14.4 Å². The van der Waals surface area contributed by atoms with E-state index in [1.165, 1.54) is 19.1 Å². The Labute approximate surface area is 194 Å². The normalized spacial score (nSPS) is 10.4. The van der Waals surface area contributed by atoms with E-state index in [4.69, 9.17) is 14.2 Å². The lowest BCUT2D eigenvalue weighted by Gasteiger charge is -2.24. The van der Waals surface area contributed by atoms with Crippen LogP contribution in [0.3, 0.4) is 0 Å². The lowest BCUT2D eigenvalue weighted by Crippen LogP contribution is -2.44. The molecule has 0 aliphatic rings. The molecule has 9 heteroatoms. The Morgan fingerprint density at radius 3 is 1.94 bits per heavy atom. The fourth-order valence-electron chi connectivity index (χ4n) is 3.06. The first-order chi connectivity index (χ1) is 15.7. The van der Waals surface area contributed by atoms with E-state index in [1.54, 1.807) is 49.6 Å². The molecule has 33 heavy (non-hydrogen) atoms. The van der Waals surface area contributed by atoms with Crippen LogP contribution in [-0.2, 0) is 9.59 Å². The average molecular weight is 458 g/mol. The zero-order valence-corrected chi connectivity index (χ0v) is 19.6. The molecule has 2 aromatic carbocycles. The third kappa shape index (κ3) is 8.03. The summed E-state index contributed by atoms with van der Waals surface area (Å²) in [4.78, 5) is 39.2. The second-order valence-corrected chi connectivity index (χ2v) is 7.73. The van der Waals surface area contributed by atoms with Crippen molar-refractivity contribution in [3.05, 3.63) is 48.0 Å². The van der Waals surface area contributed by atoms with Crippen molar-refractivity contribution in [1.29, 1.82) is 0 Å². The van der Waals surface area contributed by atoms with Crippen molar-refractivity contribution in [2.24, 2.45) is 5.92 Å². The molecule has 0 fully saturated rings. The molecule has 0 saturated heterocycles. The van der Waals surface area contributed by atoms with Crippen LogP contribution in [0.1, 0.15) is 24.2 Å². The van der Waals surface area contributed by atoms with Gasteiger partial charge in [0.05, 0.1) is 34.4 Å². The standard InChI is InChI=1S/C24H31N3O6/c1-16(2)14-27(24(30)17-10-20(32-4)12-21(11-17)33-5)15-23(29)25-13-22(28)26-18-6-8-19(31-3)9-7-18/h6-12,16H,13-15H2,1-5H3,(H,25,29)(H,26,28). The van der Waals surface area contributed by atoms with Gasteiger partial charge in [0.1, 0.15) is 17.2 Å². The Balaban J connectivity index is 2.00. The summed E-state index contributed by atoms with van der Waals surface area (Å²) in [6, 6.07) is 11.7. The van der Waals surface area contributed by atoms with E-state index < -0.39 is 5.91 Å². The fourth-order valence-corrected chi connectivity index (χ4v) is 3.06. The maximum Gasteiger partial charge on any atom is 0.254 e. The highest BCUT2D eigenvalue weighted by atomic mass is 16.5. The van der Waals surface area contributed by atoms with Gasteiger partial charge in [0.25, 0.3) is 5.91 Å². The fraction of sp³-hybridized carbons (Fsp3) is 0.375. The molecule has 2 rings (SSSR count). The molecule has 2 aromatic rings. The molecule has 9 nitrogen and oxygen atoms in total. The summed E-state index contributed by atoms with van der Waals surface area (Å²) in [6.45, 7) is 3.86. The van der Waals surface area contributed by atoms with Crippen molar-refractivity contribution in [2.75, 3.05) is 46.3 Å². The summed E-state index contributed by atoms with van der Waals surface area (Å²) < 4.78 is 15.5. The number of hydrogen-bond acceptors (Lipinski definition) is 6. The molecule has 0 heterocycles. The van der Waals surface area contributed by atoms with Crippen molar-refractivity contribution in [3.63, 3.8) is 0 Å². The van der Waals surface area contributed by atoms with Gasteiger partial charge in [-0.25, -0.2) is 0 Å². The molecule has 178 valence electrons. The molecule has 0 spiro atoms. The highest BCUT2D eigenvalue weighted by Gasteiger charge is 2.21. The molecular weight excluding hydrogens is 426 g/mol. The summed E-state index contributed by atoms with van der Waals surface area (Å²) in [5, 5.41) is 5.25. The molecular formula is C24H31N3O6. The van der Waals surface area contributed by atoms with Crippen LogP contribution >= 0.6 is 0 Å². The molecule has 0 unspecified atom stereocenters. The Morgan fingerprint density at radius 1 is 0.848 bits per heavy atom. The largest absolute Gasteiger partial charge is 0.497 e. The number of carbonyl (C=O) groups is 3. The van der Waals surface area contributed by atoms with Gasteiger partial charge in [-0.15, -0.1) is 0 Å². The summed E-state index contributed by atoms with van der Waals surface area (Å²) in [5.41, 5.74) is 0.926. The minimum atomic E-state index is -0.441. The number of nitrogens with one attached hydrogen (secondary N) is 2. The lowest BCUT2D eigenvalue weighted by atomic mass is 10.1. The van der Waals surface area contributed by atoms with Gasteiger partial charge in [0.15, 0.2) is 0 Å². The number of benzene rings is 2. The van der Waals surface area contributed by atoms with E-state index >= 15 is 0 Å². The monoisotopic (exact) mass is 457 g/mol. The van der Waals surface area contributed by atoms with Gasteiger partial charge < -0.3 is 29.7 Å². The predicted molar refractivity (Wildman–Crippen MR) is 125 cm³/mol. The molecule has 0 saturated carbocycles. The number of ether oxygens (including phenoxy) is 3. The van der Waals surface area contributed by atoms with Gasteiger partial charge in [-0.05, 0) is 42.3 Å². The van der Waals surface area contributed by atoms with Crippen LogP contribution in [-0.4, -0.2) is 63.6 Å². The second-order valence-electron chi connectivity index (χ2n) is 7.73. The van der Waals surface area contributed by atoms with E-state index in [0.717, 1.165) is 0 Å². The van der Waals surface area contributed by atoms with Crippen LogP contribution in [0.2, 0.25) is 0 Å². The zero-order chi connectivity index (χ0) is 24.4. The number of methoxy groups -OCH3 is 3. The number of rotatable bonds is 11. The van der Waals surface area contributed by atoms with Crippen LogP contribution in [0.4, 0.5) is 5.69 Å². The number of hydrogen-bond donors (Lipinski definition) is 2. The SMILES string of the molecule is COc1ccc(NC(=O)CNC(=O)CN(CC(C)C)C(=O)c2cc(OC)cc(OC)c2)cc1. The van der Waals surface area contributed by atoms with Gasteiger partial charge in [0, 0.05) is 23.9 Å². The van der Waals surface area contributed by atoms with Gasteiger partial charge in [-0.1, -0.05) is 13.8 Å². The number of carbonyl (C=O) groups excluding carboxylic acids is 3. The Hall–Kier alpha value is -3.75. The molecule has 0 atom stereocenters. The first-order valence-corrected chi connectivity index (χ1v) is 10.5. The first kappa shape index (κ1) is 25.5. The highest BCUT2D eigenvalue weighted by Crippen LogP contribution is 2.23. The van der Waals surface area contributed by atoms with Crippen molar-refractivity contribution in [1.82, 2.24) is 10.2 Å². The summed E-state index contributed by atoms with van der Waals surface area (Å²) in [5.74, 6) is 0.594. The average Bonchev–Trinajstić information content (AvgIpc) is 2.81. The van der Waals surface area contributed by atoms with E-state index in [-0.39, 0.29) is 30.8 Å². The lowest BCUT2D eigenvalue weighted by molar-refractivity contribution is -0.124. The predicted octanol–water partition coefficient (Wildman–Crippen LogP) is 2.57. The van der Waals surface area contributed by atoms with Crippen molar-refractivity contribution in [2.45, 2.75) is 13.8 Å². The quantitative estimate of drug-likeness (QED) is 0.537. The molecule has 2 N–H and O–H groups in total. The van der Waals surface area contributed by atoms with Gasteiger partial charge in [-0.2, -0.15) is 0 Å². The van der Waals surface area contributed by atoms with Gasteiger partial charge >= 0.3 is 0 Å². The van der Waals surface area contributed by atoms with E-state index in [1.807, 2.05) is 13.8 Å². The summed E-state index contributed by atoms with van der Waals surface area (Å²) in [7, 11) is 4.56. The minimum absolute atomic E-state index is 0.132. The van der Waals surface area contributed by atoms with E-state index in [0.29, 0.717) is 35.0 Å². The third-order valence-corrected chi connectivity index (χ3v) is 4.63. The molecule has 0 aliphatic carbocycles. The van der Waals surface area contributed by atoms with Crippen molar-refractivity contribution >= 4 is 23.4 Å². The molecule has 0 bridgehead atoms. The Morgan fingerprint density at radius 2 is 1.42 bits per heavy atom. The van der Waals surface area contributed by atoms with Crippen LogP contribution in [0, 0.1) is 5.92 Å². The van der Waals surface area contributed by atoms with Crippen LogP contribution in [0.5, 0.6) is 17.2 Å². The topological polar surface area (TPSA) is 106 Å². The smallest absolute Gasteiger partial charge is 0.254 e. The van der Waals surface area contributed by atoms with Crippen LogP contribution in [0.25, 0.3) is 0 Å². The second kappa shape index (κ2) is 12.3. The van der Waals surface area contributed by atoms with Crippen molar-refractivity contribution < 1.29 is 28.6 Å². The van der Waals surface area contributed by atoms with E-state index in [9.17, 15) is 14.4 Å². The number of anilines is 1. The highest BCUT2D eigenvalue weighted by molar-refractivity contribution is 5.98. The Bertz CT molecular complexity index is 937. The summed E-state index contributed by atoms with van der Waals surface area (Å²) >= 11 is 0. The van der Waals surface area contributed by atoms with Gasteiger partial charge in [0.2, 0.25) is 11.8 Å². The number of nitrogens with zero attached hydrogens (tertiary/aromatic N) is 1. The minimum Gasteiger partial charge on any atom is -0.497 e. The molecule has 0 aliphatic heterocycles. The van der Waals surface area contributed by atoms with Crippen molar-refractivity contribution in [3.8, 4) is 17.2 Å². The Kier molecular flexibility index (Phi) is 9.53. The number of amides is 3. The van der Waals surface area contributed by atoms with Crippen LogP contribution in [0.15, 0.2) is 42.5 Å². The molecule has 3 amide bonds. The van der Waals surface area contributed by atoms with Crippen LogP contribution < -0.4 is 24.8 Å².